The minimum Gasteiger partial charge on any atom is -0.375 e. The summed E-state index contributed by atoms with van der Waals surface area (Å²) in [6, 6.07) is 6.95. The molecule has 1 unspecified atom stereocenters. The topological polar surface area (TPSA) is 37.8 Å². The van der Waals surface area contributed by atoms with Crippen LogP contribution in [0.2, 0.25) is 0 Å². The molecule has 3 nitrogen and oxygen atoms in total. The first-order valence-corrected chi connectivity index (χ1v) is 8.67. The minimum atomic E-state index is -0.237. The molecule has 4 rings (SSSR count). The van der Waals surface area contributed by atoms with Crippen LogP contribution in [0.4, 0.5) is 10.1 Å². The molecule has 1 saturated carbocycles. The maximum atomic E-state index is 13.7. The van der Waals surface area contributed by atoms with Gasteiger partial charge in [-0.15, -0.1) is 11.3 Å². The molecule has 0 spiro atoms. The summed E-state index contributed by atoms with van der Waals surface area (Å²) in [6.45, 7) is 4.04. The molecule has 2 heterocycles. The molecule has 0 saturated heterocycles. The number of pyridine rings is 1. The third kappa shape index (κ3) is 2.93. The first-order valence-electron chi connectivity index (χ1n) is 7.86. The van der Waals surface area contributed by atoms with Crippen molar-refractivity contribution in [2.45, 2.75) is 32.7 Å². The van der Waals surface area contributed by atoms with Gasteiger partial charge in [-0.2, -0.15) is 0 Å². The van der Waals surface area contributed by atoms with Gasteiger partial charge >= 0.3 is 0 Å². The van der Waals surface area contributed by atoms with Crippen molar-refractivity contribution in [1.29, 1.82) is 0 Å². The van der Waals surface area contributed by atoms with Crippen molar-refractivity contribution < 1.29 is 4.39 Å². The number of benzene rings is 1. The van der Waals surface area contributed by atoms with Gasteiger partial charge in [0.25, 0.3) is 0 Å². The van der Waals surface area contributed by atoms with Gasteiger partial charge in [0, 0.05) is 27.8 Å². The molecule has 0 amide bonds. The first-order chi connectivity index (χ1) is 11.1. The summed E-state index contributed by atoms with van der Waals surface area (Å²) in [5.74, 6) is 0.372. The second kappa shape index (κ2) is 5.57. The highest BCUT2D eigenvalue weighted by molar-refractivity contribution is 7.11. The van der Waals surface area contributed by atoms with Crippen molar-refractivity contribution in [3.05, 3.63) is 51.9 Å². The van der Waals surface area contributed by atoms with Crippen LogP contribution >= 0.6 is 11.3 Å². The molecule has 0 bridgehead atoms. The van der Waals surface area contributed by atoms with Crippen LogP contribution in [-0.4, -0.2) is 9.97 Å². The van der Waals surface area contributed by atoms with E-state index in [9.17, 15) is 4.39 Å². The summed E-state index contributed by atoms with van der Waals surface area (Å²) < 4.78 is 13.7. The van der Waals surface area contributed by atoms with Crippen LogP contribution in [0.3, 0.4) is 0 Å². The van der Waals surface area contributed by atoms with Crippen molar-refractivity contribution in [3.63, 3.8) is 0 Å². The number of hydrogen-bond acceptors (Lipinski definition) is 4. The van der Waals surface area contributed by atoms with Crippen molar-refractivity contribution >= 4 is 27.9 Å². The van der Waals surface area contributed by atoms with Crippen LogP contribution in [0.1, 0.15) is 34.5 Å². The smallest absolute Gasteiger partial charge is 0.124 e. The summed E-state index contributed by atoms with van der Waals surface area (Å²) in [5, 5.41) is 5.57. The second-order valence-corrected chi connectivity index (χ2v) is 7.51. The van der Waals surface area contributed by atoms with Gasteiger partial charge < -0.3 is 5.32 Å². The highest BCUT2D eigenvalue weighted by atomic mass is 32.1. The number of rotatable bonds is 4. The van der Waals surface area contributed by atoms with Gasteiger partial charge in [0.05, 0.1) is 11.6 Å². The molecule has 3 aromatic rings. The zero-order valence-electron chi connectivity index (χ0n) is 13.1. The van der Waals surface area contributed by atoms with Crippen LogP contribution < -0.4 is 5.32 Å². The Kier molecular flexibility index (Phi) is 3.53. The molecule has 0 radical (unpaired) electrons. The number of nitrogens with one attached hydrogen (secondary N) is 1. The summed E-state index contributed by atoms with van der Waals surface area (Å²) >= 11 is 1.73. The first kappa shape index (κ1) is 14.6. The molecule has 1 N–H and O–H groups in total. The maximum absolute atomic E-state index is 13.7. The normalized spacial score (nSPS) is 15.8. The van der Waals surface area contributed by atoms with E-state index in [0.717, 1.165) is 27.3 Å². The fourth-order valence-electron chi connectivity index (χ4n) is 2.94. The predicted octanol–water partition coefficient (Wildman–Crippen LogP) is 5.01. The number of nitrogens with zero attached hydrogens (tertiary/aromatic N) is 2. The Bertz CT molecular complexity index is 870. The lowest BCUT2D eigenvalue weighted by atomic mass is 10.1. The third-order valence-corrected chi connectivity index (χ3v) is 5.20. The highest BCUT2D eigenvalue weighted by Crippen LogP contribution is 2.44. The molecular formula is C18H18FN3S. The van der Waals surface area contributed by atoms with E-state index in [1.807, 2.05) is 19.2 Å². The minimum absolute atomic E-state index is 0.196. The van der Waals surface area contributed by atoms with Crippen molar-refractivity contribution in [2.24, 2.45) is 5.92 Å². The maximum Gasteiger partial charge on any atom is 0.124 e. The summed E-state index contributed by atoms with van der Waals surface area (Å²) in [6.07, 6.45) is 4.35. The molecule has 5 heteroatoms. The number of hydrogen-bond donors (Lipinski definition) is 1. The molecule has 0 aliphatic heterocycles. The van der Waals surface area contributed by atoms with E-state index in [4.69, 9.17) is 0 Å². The van der Waals surface area contributed by atoms with Gasteiger partial charge in [-0.05, 0) is 56.9 Å². The molecule has 2 aromatic heterocycles. The molecule has 1 fully saturated rings. The number of aryl methyl sites for hydroxylation is 2. The number of anilines is 1. The Morgan fingerprint density at radius 2 is 2.09 bits per heavy atom. The summed E-state index contributed by atoms with van der Waals surface area (Å²) in [5.41, 5.74) is 2.69. The molecule has 23 heavy (non-hydrogen) atoms. The third-order valence-electron chi connectivity index (χ3n) is 4.21. The van der Waals surface area contributed by atoms with E-state index in [2.05, 4.69) is 22.2 Å². The zero-order chi connectivity index (χ0) is 16.0. The monoisotopic (exact) mass is 327 g/mol. The van der Waals surface area contributed by atoms with Gasteiger partial charge in [0.1, 0.15) is 10.8 Å². The van der Waals surface area contributed by atoms with E-state index >= 15 is 0 Å². The summed E-state index contributed by atoms with van der Waals surface area (Å²) in [7, 11) is 0. The highest BCUT2D eigenvalue weighted by Gasteiger charge is 2.34. The molecule has 1 atom stereocenters. The average Bonchev–Trinajstić information content (AvgIpc) is 3.26. The zero-order valence-corrected chi connectivity index (χ0v) is 14.0. The molecule has 1 aliphatic carbocycles. The molecule has 1 aliphatic rings. The van der Waals surface area contributed by atoms with Crippen LogP contribution in [0.25, 0.3) is 10.9 Å². The average molecular weight is 327 g/mol. The van der Waals surface area contributed by atoms with Crippen LogP contribution in [0, 0.1) is 25.6 Å². The lowest BCUT2D eigenvalue weighted by Crippen LogP contribution is -2.13. The van der Waals surface area contributed by atoms with Gasteiger partial charge in [0.2, 0.25) is 0 Å². The van der Waals surface area contributed by atoms with E-state index in [1.54, 1.807) is 23.5 Å². The number of fused-ring (bicyclic) bond motifs is 1. The van der Waals surface area contributed by atoms with Gasteiger partial charge in [0.15, 0.2) is 0 Å². The largest absolute Gasteiger partial charge is 0.375 e. The fourth-order valence-corrected chi connectivity index (χ4v) is 3.86. The molecular weight excluding hydrogens is 309 g/mol. The fraction of sp³-hybridized carbons (Fsp3) is 0.333. The van der Waals surface area contributed by atoms with Crippen molar-refractivity contribution in [3.8, 4) is 0 Å². The van der Waals surface area contributed by atoms with Crippen molar-refractivity contribution in [1.82, 2.24) is 9.97 Å². The van der Waals surface area contributed by atoms with Gasteiger partial charge in [-0.3, -0.25) is 4.98 Å². The van der Waals surface area contributed by atoms with E-state index < -0.39 is 0 Å². The van der Waals surface area contributed by atoms with Crippen molar-refractivity contribution in [2.75, 3.05) is 5.32 Å². The standard InChI is InChI=1S/C18H18FN3S/c1-10-7-16(14-8-13(19)5-6-15(14)21-10)22-17(12-3-4-12)18-20-9-11(2)23-18/h5-9,12,17H,3-4H2,1-2H3,(H,21,22). The van der Waals surface area contributed by atoms with E-state index in [0.29, 0.717) is 5.92 Å². The van der Waals surface area contributed by atoms with Gasteiger partial charge in [-0.1, -0.05) is 0 Å². The Morgan fingerprint density at radius 1 is 1.26 bits per heavy atom. The predicted molar refractivity (Wildman–Crippen MR) is 92.4 cm³/mol. The Morgan fingerprint density at radius 3 is 2.78 bits per heavy atom. The number of halogens is 1. The molecule has 118 valence electrons. The molecule has 1 aromatic carbocycles. The van der Waals surface area contributed by atoms with E-state index in [1.165, 1.54) is 23.8 Å². The van der Waals surface area contributed by atoms with Crippen LogP contribution in [-0.2, 0) is 0 Å². The Hall–Kier alpha value is -2.01. The van der Waals surface area contributed by atoms with Gasteiger partial charge in [-0.25, -0.2) is 9.37 Å². The summed E-state index contributed by atoms with van der Waals surface area (Å²) in [4.78, 5) is 10.3. The second-order valence-electron chi connectivity index (χ2n) is 6.24. The lowest BCUT2D eigenvalue weighted by Gasteiger charge is -2.19. The lowest BCUT2D eigenvalue weighted by molar-refractivity contribution is 0.629. The Balaban J connectivity index is 1.77. The quantitative estimate of drug-likeness (QED) is 0.732. The van der Waals surface area contributed by atoms with E-state index in [-0.39, 0.29) is 11.9 Å². The number of thiazole rings is 1. The number of aromatic nitrogens is 2. The SMILES string of the molecule is Cc1cc(NC(c2ncc(C)s2)C2CC2)c2cc(F)ccc2n1. The Labute approximate surface area is 138 Å². The van der Waals surface area contributed by atoms with Crippen LogP contribution in [0.5, 0.6) is 0 Å². The van der Waals surface area contributed by atoms with Crippen LogP contribution in [0.15, 0.2) is 30.5 Å².